The van der Waals surface area contributed by atoms with Gasteiger partial charge in [-0.1, -0.05) is 13.3 Å². The van der Waals surface area contributed by atoms with E-state index in [0.717, 1.165) is 37.8 Å². The van der Waals surface area contributed by atoms with E-state index in [1.807, 2.05) is 0 Å². The Morgan fingerprint density at radius 1 is 1.20 bits per heavy atom. The van der Waals surface area contributed by atoms with E-state index in [1.54, 1.807) is 0 Å². The molecule has 0 saturated heterocycles. The fraction of sp³-hybridized carbons (Fsp3) is 1.00. The number of hydrogen-bond acceptors (Lipinski definition) is 3. The first-order valence-electron chi connectivity index (χ1n) is 8.22. The molecular weight excluding hydrogens is 272 g/mol. The van der Waals surface area contributed by atoms with Crippen molar-refractivity contribution in [3.05, 3.63) is 0 Å². The van der Waals surface area contributed by atoms with E-state index in [4.69, 9.17) is 0 Å². The van der Waals surface area contributed by atoms with Crippen LogP contribution < -0.4 is 10.0 Å². The number of nitrogens with one attached hydrogen (secondary N) is 2. The zero-order valence-electron chi connectivity index (χ0n) is 12.9. The Bertz CT molecular complexity index is 397. The van der Waals surface area contributed by atoms with Gasteiger partial charge in [0.25, 0.3) is 0 Å². The van der Waals surface area contributed by atoms with Crippen molar-refractivity contribution in [3.8, 4) is 0 Å². The summed E-state index contributed by atoms with van der Waals surface area (Å²) in [5, 5.41) is 3.22. The summed E-state index contributed by atoms with van der Waals surface area (Å²) in [5.41, 5.74) is 0. The Hall–Kier alpha value is -0.130. The molecule has 0 spiro atoms. The van der Waals surface area contributed by atoms with Crippen molar-refractivity contribution in [1.29, 1.82) is 0 Å². The normalized spacial score (nSPS) is 30.8. The van der Waals surface area contributed by atoms with Crippen LogP contribution in [0.15, 0.2) is 0 Å². The van der Waals surface area contributed by atoms with Gasteiger partial charge < -0.3 is 5.32 Å². The van der Waals surface area contributed by atoms with Crippen molar-refractivity contribution >= 4 is 10.0 Å². The minimum Gasteiger partial charge on any atom is -0.317 e. The molecule has 5 heteroatoms. The molecule has 2 bridgehead atoms. The van der Waals surface area contributed by atoms with Crippen molar-refractivity contribution < 1.29 is 8.42 Å². The summed E-state index contributed by atoms with van der Waals surface area (Å²) in [6, 6.07) is 0.115. The van der Waals surface area contributed by atoms with Gasteiger partial charge in [0.15, 0.2) is 0 Å². The van der Waals surface area contributed by atoms with E-state index in [9.17, 15) is 8.42 Å². The number of rotatable bonds is 9. The third-order valence-corrected chi connectivity index (χ3v) is 6.62. The predicted molar refractivity (Wildman–Crippen MR) is 83.1 cm³/mol. The lowest BCUT2D eigenvalue weighted by atomic mass is 9.84. The lowest BCUT2D eigenvalue weighted by Crippen LogP contribution is -2.41. The number of hydrogen-bond donors (Lipinski definition) is 2. The summed E-state index contributed by atoms with van der Waals surface area (Å²) in [6.45, 7) is 5.98. The highest BCUT2D eigenvalue weighted by Gasteiger charge is 2.42. The van der Waals surface area contributed by atoms with Gasteiger partial charge in [0.2, 0.25) is 10.0 Å². The lowest BCUT2D eigenvalue weighted by molar-refractivity contribution is 0.280. The Labute approximate surface area is 124 Å². The highest BCUT2D eigenvalue weighted by Crippen LogP contribution is 2.49. The van der Waals surface area contributed by atoms with Crippen molar-refractivity contribution in [2.45, 2.75) is 58.4 Å². The fourth-order valence-electron chi connectivity index (χ4n) is 4.05. The molecule has 2 aliphatic rings. The first-order valence-corrected chi connectivity index (χ1v) is 9.87. The highest BCUT2D eigenvalue weighted by atomic mass is 32.2. The number of fused-ring (bicyclic) bond motifs is 2. The van der Waals surface area contributed by atoms with Gasteiger partial charge in [-0.2, -0.15) is 0 Å². The summed E-state index contributed by atoms with van der Waals surface area (Å²) in [7, 11) is -3.10. The van der Waals surface area contributed by atoms with Crippen LogP contribution in [-0.4, -0.2) is 33.3 Å². The maximum atomic E-state index is 12.1. The van der Waals surface area contributed by atoms with E-state index in [1.165, 1.54) is 25.7 Å². The van der Waals surface area contributed by atoms with Gasteiger partial charge in [-0.3, -0.25) is 0 Å². The second kappa shape index (κ2) is 7.23. The Balaban J connectivity index is 1.71. The third kappa shape index (κ3) is 4.43. The molecule has 2 N–H and O–H groups in total. The van der Waals surface area contributed by atoms with Gasteiger partial charge in [0.05, 0.1) is 5.75 Å². The summed E-state index contributed by atoms with van der Waals surface area (Å²) in [4.78, 5) is 0. The van der Waals surface area contributed by atoms with E-state index < -0.39 is 10.0 Å². The predicted octanol–water partition coefficient (Wildman–Crippen LogP) is 2.12. The topological polar surface area (TPSA) is 58.2 Å². The molecule has 4 unspecified atom stereocenters. The van der Waals surface area contributed by atoms with Gasteiger partial charge in [-0.15, -0.1) is 0 Å². The van der Waals surface area contributed by atoms with Gasteiger partial charge in [-0.25, -0.2) is 13.1 Å². The molecule has 4 nitrogen and oxygen atoms in total. The molecule has 0 aliphatic heterocycles. The van der Waals surface area contributed by atoms with E-state index >= 15 is 0 Å². The summed E-state index contributed by atoms with van der Waals surface area (Å²) >= 11 is 0. The van der Waals surface area contributed by atoms with Crippen LogP contribution >= 0.6 is 0 Å². The quantitative estimate of drug-likeness (QED) is 0.641. The van der Waals surface area contributed by atoms with E-state index in [2.05, 4.69) is 23.9 Å². The van der Waals surface area contributed by atoms with Crippen LogP contribution in [0.3, 0.4) is 0 Å². The van der Waals surface area contributed by atoms with Gasteiger partial charge in [0, 0.05) is 6.04 Å². The second-order valence-electron chi connectivity index (χ2n) is 6.62. The fourth-order valence-corrected chi connectivity index (χ4v) is 5.50. The number of sulfonamides is 1. The molecule has 2 saturated carbocycles. The van der Waals surface area contributed by atoms with Crippen molar-refractivity contribution in [3.63, 3.8) is 0 Å². The van der Waals surface area contributed by atoms with Crippen LogP contribution in [0.4, 0.5) is 0 Å². The molecular formula is C15H30N2O2S. The highest BCUT2D eigenvalue weighted by molar-refractivity contribution is 7.89. The van der Waals surface area contributed by atoms with Gasteiger partial charge in [0.1, 0.15) is 0 Å². The zero-order valence-corrected chi connectivity index (χ0v) is 13.7. The maximum absolute atomic E-state index is 12.1. The summed E-state index contributed by atoms with van der Waals surface area (Å²) < 4.78 is 27.1. The smallest absolute Gasteiger partial charge is 0.211 e. The summed E-state index contributed by atoms with van der Waals surface area (Å²) in [6.07, 6.45) is 6.91. The monoisotopic (exact) mass is 302 g/mol. The van der Waals surface area contributed by atoms with Crippen LogP contribution in [0.25, 0.3) is 0 Å². The second-order valence-corrected chi connectivity index (χ2v) is 8.50. The zero-order chi connectivity index (χ0) is 14.6. The Morgan fingerprint density at radius 2 is 2.00 bits per heavy atom. The Kier molecular flexibility index (Phi) is 5.87. The SMILES string of the molecule is CCNCCCCS(=O)(=O)NC(C)C1CC2CCC1C2. The van der Waals surface area contributed by atoms with Crippen LogP contribution in [-0.2, 0) is 10.0 Å². The molecule has 0 aromatic carbocycles. The molecule has 0 amide bonds. The third-order valence-electron chi connectivity index (χ3n) is 5.07. The van der Waals surface area contributed by atoms with Gasteiger partial charge in [-0.05, 0) is 69.9 Å². The van der Waals surface area contributed by atoms with Crippen molar-refractivity contribution in [2.24, 2.45) is 17.8 Å². The first-order chi connectivity index (χ1) is 9.52. The molecule has 0 aromatic rings. The maximum Gasteiger partial charge on any atom is 0.211 e. The number of unbranched alkanes of at least 4 members (excludes halogenated alkanes) is 1. The molecule has 0 radical (unpaired) electrons. The van der Waals surface area contributed by atoms with E-state index in [-0.39, 0.29) is 11.8 Å². The molecule has 0 aromatic heterocycles. The van der Waals surface area contributed by atoms with Crippen molar-refractivity contribution in [1.82, 2.24) is 10.0 Å². The standard InChI is InChI=1S/C15H30N2O2S/c1-3-16-8-4-5-9-20(18,19)17-12(2)15-11-13-6-7-14(15)10-13/h12-17H,3-11H2,1-2H3. The summed E-state index contributed by atoms with van der Waals surface area (Å²) in [5.74, 6) is 2.48. The van der Waals surface area contributed by atoms with Crippen molar-refractivity contribution in [2.75, 3.05) is 18.8 Å². The molecule has 2 rings (SSSR count). The Morgan fingerprint density at radius 3 is 2.60 bits per heavy atom. The molecule has 2 aliphatic carbocycles. The first kappa shape index (κ1) is 16.2. The van der Waals surface area contributed by atoms with E-state index in [0.29, 0.717) is 5.92 Å². The minimum absolute atomic E-state index is 0.115. The van der Waals surface area contributed by atoms with Crippen LogP contribution in [0, 0.1) is 17.8 Å². The minimum atomic E-state index is -3.10. The average Bonchev–Trinajstić information content (AvgIpc) is 3.00. The van der Waals surface area contributed by atoms with Crippen LogP contribution in [0.2, 0.25) is 0 Å². The van der Waals surface area contributed by atoms with Crippen LogP contribution in [0.5, 0.6) is 0 Å². The largest absolute Gasteiger partial charge is 0.317 e. The van der Waals surface area contributed by atoms with Gasteiger partial charge >= 0.3 is 0 Å². The molecule has 20 heavy (non-hydrogen) atoms. The van der Waals surface area contributed by atoms with Crippen LogP contribution in [0.1, 0.15) is 52.4 Å². The molecule has 0 heterocycles. The molecule has 118 valence electrons. The molecule has 2 fully saturated rings. The molecule has 4 atom stereocenters. The lowest BCUT2D eigenvalue weighted by Gasteiger charge is -2.28. The average molecular weight is 302 g/mol.